The number of hydrogen-bond donors (Lipinski definition) is 2. The standard InChI is InChI=1S/C18H23ClN4O6S/c1-23(5-3-4-6-23)8-10-9-30-17-13(16(26)22(17)14(10)18(27)28)20-15(25)12(21-29-2)11(24)7-19/h13,17H,3-9H2,1-2H3,(H-,20,25,27,28)/p+1/b21-12-/t13-,17-/m1/s1. The molecule has 30 heavy (non-hydrogen) atoms. The molecule has 0 radical (unpaired) electrons. The number of rotatable bonds is 8. The first-order valence-corrected chi connectivity index (χ1v) is 11.1. The highest BCUT2D eigenvalue weighted by atomic mass is 35.5. The summed E-state index contributed by atoms with van der Waals surface area (Å²) < 4.78 is 0.761. The second-order valence-corrected chi connectivity index (χ2v) is 9.10. The highest BCUT2D eigenvalue weighted by molar-refractivity contribution is 8.00. The van der Waals surface area contributed by atoms with Crippen LogP contribution >= 0.6 is 23.4 Å². The molecule has 3 heterocycles. The van der Waals surface area contributed by atoms with E-state index in [0.717, 1.165) is 36.0 Å². The molecular formula is C18H24ClN4O6S+. The van der Waals surface area contributed by atoms with Gasteiger partial charge in [0.25, 0.3) is 11.8 Å². The normalized spacial score (nSPS) is 25.5. The molecule has 0 aromatic rings. The van der Waals surface area contributed by atoms with Crippen LogP contribution in [0.4, 0.5) is 0 Å². The second-order valence-electron chi connectivity index (χ2n) is 7.73. The van der Waals surface area contributed by atoms with Gasteiger partial charge in [-0.05, 0) is 0 Å². The van der Waals surface area contributed by atoms with Crippen LogP contribution in [0.5, 0.6) is 0 Å². The number of β-lactam (4-membered cyclic amide) rings is 1. The van der Waals surface area contributed by atoms with Gasteiger partial charge in [-0.15, -0.1) is 23.4 Å². The average Bonchev–Trinajstić information content (AvgIpc) is 3.14. The van der Waals surface area contributed by atoms with Crippen LogP contribution < -0.4 is 5.32 Å². The number of thioether (sulfide) groups is 1. The number of likely N-dealkylation sites (tertiary alicyclic amines) is 1. The number of carboxylic acid groups (broad SMARTS) is 1. The fourth-order valence-electron chi connectivity index (χ4n) is 4.11. The summed E-state index contributed by atoms with van der Waals surface area (Å²) in [6.07, 6.45) is 2.20. The predicted molar refractivity (Wildman–Crippen MR) is 110 cm³/mol. The van der Waals surface area contributed by atoms with E-state index in [2.05, 4.69) is 22.4 Å². The number of hydrogen-bond acceptors (Lipinski definition) is 7. The number of carbonyl (C=O) groups excluding carboxylic acids is 3. The largest absolute Gasteiger partial charge is 0.477 e. The number of carboxylic acids is 1. The van der Waals surface area contributed by atoms with Crippen molar-refractivity contribution in [3.8, 4) is 0 Å². The number of ketones is 1. The first kappa shape index (κ1) is 22.6. The topological polar surface area (TPSA) is 125 Å². The third-order valence-electron chi connectivity index (χ3n) is 5.54. The zero-order valence-electron chi connectivity index (χ0n) is 16.7. The van der Waals surface area contributed by atoms with Crippen LogP contribution in [-0.2, 0) is 24.0 Å². The molecule has 3 rings (SSSR count). The Labute approximate surface area is 182 Å². The van der Waals surface area contributed by atoms with Crippen molar-refractivity contribution >= 4 is 52.6 Å². The maximum Gasteiger partial charge on any atom is 0.352 e. The molecule has 3 aliphatic rings. The van der Waals surface area contributed by atoms with Crippen molar-refractivity contribution in [2.24, 2.45) is 5.16 Å². The number of Topliss-reactive ketones (excluding diaryl/α,β-unsaturated/α-hetero) is 1. The van der Waals surface area contributed by atoms with Gasteiger partial charge in [-0.2, -0.15) is 0 Å². The number of quaternary nitrogens is 1. The van der Waals surface area contributed by atoms with E-state index < -0.39 is 46.6 Å². The van der Waals surface area contributed by atoms with Crippen molar-refractivity contribution in [2.45, 2.75) is 24.3 Å². The minimum Gasteiger partial charge on any atom is -0.477 e. The molecule has 0 spiro atoms. The lowest BCUT2D eigenvalue weighted by Gasteiger charge is -2.49. The predicted octanol–water partition coefficient (Wildman–Crippen LogP) is -0.224. The van der Waals surface area contributed by atoms with Crippen LogP contribution in [0, 0.1) is 0 Å². The van der Waals surface area contributed by atoms with Crippen LogP contribution in [0.15, 0.2) is 16.4 Å². The zero-order valence-corrected chi connectivity index (χ0v) is 18.3. The summed E-state index contributed by atoms with van der Waals surface area (Å²) in [4.78, 5) is 54.6. The first-order valence-electron chi connectivity index (χ1n) is 9.47. The van der Waals surface area contributed by atoms with E-state index in [1.807, 2.05) is 0 Å². The molecule has 2 N–H and O–H groups in total. The molecule has 0 aliphatic carbocycles. The Balaban J connectivity index is 1.77. The van der Waals surface area contributed by atoms with Crippen LogP contribution in [0.1, 0.15) is 12.8 Å². The summed E-state index contributed by atoms with van der Waals surface area (Å²) >= 11 is 6.88. The van der Waals surface area contributed by atoms with Gasteiger partial charge in [0.05, 0.1) is 26.0 Å². The molecule has 12 heteroatoms. The van der Waals surface area contributed by atoms with Gasteiger partial charge in [0.15, 0.2) is 0 Å². The summed E-state index contributed by atoms with van der Waals surface area (Å²) in [5.74, 6) is -3.33. The molecular weight excluding hydrogens is 436 g/mol. The van der Waals surface area contributed by atoms with Gasteiger partial charge in [0, 0.05) is 24.2 Å². The monoisotopic (exact) mass is 459 g/mol. The van der Waals surface area contributed by atoms with Gasteiger partial charge in [-0.25, -0.2) is 4.79 Å². The van der Waals surface area contributed by atoms with Crippen molar-refractivity contribution in [3.63, 3.8) is 0 Å². The molecule has 0 aromatic heterocycles. The Hall–Kier alpha value is -2.11. The van der Waals surface area contributed by atoms with E-state index in [1.54, 1.807) is 0 Å². The summed E-state index contributed by atoms with van der Waals surface area (Å²) in [7, 11) is 3.28. The zero-order chi connectivity index (χ0) is 22.1. The Morgan fingerprint density at radius 3 is 2.60 bits per heavy atom. The van der Waals surface area contributed by atoms with Crippen LogP contribution in [0.25, 0.3) is 0 Å². The third kappa shape index (κ3) is 4.19. The average molecular weight is 460 g/mol. The lowest BCUT2D eigenvalue weighted by Crippen LogP contribution is -2.71. The maximum absolute atomic E-state index is 12.7. The van der Waals surface area contributed by atoms with Crippen LogP contribution in [0.3, 0.4) is 0 Å². The van der Waals surface area contributed by atoms with Crippen molar-refractivity contribution in [2.75, 3.05) is 45.4 Å². The Morgan fingerprint density at radius 1 is 1.37 bits per heavy atom. The molecule has 3 aliphatic heterocycles. The third-order valence-corrected chi connectivity index (χ3v) is 7.12. The molecule has 10 nitrogen and oxygen atoms in total. The molecule has 164 valence electrons. The fraction of sp³-hybridized carbons (Fsp3) is 0.611. The summed E-state index contributed by atoms with van der Waals surface area (Å²) in [5, 5.41) is 15.1. The van der Waals surface area contributed by atoms with Gasteiger partial charge >= 0.3 is 5.97 Å². The smallest absolute Gasteiger partial charge is 0.352 e. The van der Waals surface area contributed by atoms with Gasteiger partial charge in [-0.3, -0.25) is 19.3 Å². The Bertz CT molecular complexity index is 839. The second kappa shape index (κ2) is 8.94. The molecule has 0 aromatic carbocycles. The van der Waals surface area contributed by atoms with Gasteiger partial charge in [0.1, 0.15) is 30.8 Å². The lowest BCUT2D eigenvalue weighted by molar-refractivity contribution is -0.893. The number of fused-ring (bicyclic) bond motifs is 1. The number of nitrogens with zero attached hydrogens (tertiary/aromatic N) is 3. The van der Waals surface area contributed by atoms with E-state index in [1.165, 1.54) is 23.8 Å². The van der Waals surface area contributed by atoms with E-state index in [0.29, 0.717) is 12.3 Å². The number of alkyl halides is 1. The number of carbonyl (C=O) groups is 4. The number of aliphatic carboxylic acids is 1. The van der Waals surface area contributed by atoms with Crippen LogP contribution in [0.2, 0.25) is 0 Å². The molecule has 2 atom stereocenters. The number of oxime groups is 1. The van der Waals surface area contributed by atoms with Gasteiger partial charge < -0.3 is 19.7 Å². The molecule has 0 bridgehead atoms. The summed E-state index contributed by atoms with van der Waals surface area (Å²) in [6, 6.07) is -0.958. The minimum atomic E-state index is -1.15. The highest BCUT2D eigenvalue weighted by Gasteiger charge is 2.55. The number of likely N-dealkylation sites (N-methyl/N-ethyl adjacent to an activating group) is 1. The van der Waals surface area contributed by atoms with E-state index >= 15 is 0 Å². The molecule has 2 fully saturated rings. The van der Waals surface area contributed by atoms with Crippen LogP contribution in [-0.4, -0.2) is 101 Å². The highest BCUT2D eigenvalue weighted by Crippen LogP contribution is 2.41. The van der Waals surface area contributed by atoms with Gasteiger partial charge in [-0.1, -0.05) is 5.16 Å². The Morgan fingerprint density at radius 2 is 2.03 bits per heavy atom. The maximum atomic E-state index is 12.7. The van der Waals surface area contributed by atoms with E-state index in [4.69, 9.17) is 11.6 Å². The Kier molecular flexibility index (Phi) is 6.73. The number of nitrogens with one attached hydrogen (secondary N) is 1. The quantitative estimate of drug-likeness (QED) is 0.128. The van der Waals surface area contributed by atoms with E-state index in [-0.39, 0.29) is 5.70 Å². The van der Waals surface area contributed by atoms with Crippen molar-refractivity contribution in [1.82, 2.24) is 10.2 Å². The number of halogens is 1. The molecule has 2 amide bonds. The van der Waals surface area contributed by atoms with Crippen molar-refractivity contribution in [1.29, 1.82) is 0 Å². The summed E-state index contributed by atoms with van der Waals surface area (Å²) in [5.41, 5.74) is 0.189. The minimum absolute atomic E-state index is 0.00288. The summed E-state index contributed by atoms with van der Waals surface area (Å²) in [6.45, 7) is 2.54. The first-order chi connectivity index (χ1) is 14.2. The van der Waals surface area contributed by atoms with Gasteiger partial charge in [0.2, 0.25) is 11.5 Å². The fourth-order valence-corrected chi connectivity index (χ4v) is 5.57. The lowest BCUT2D eigenvalue weighted by atomic mass is 10.0. The molecule has 2 saturated heterocycles. The van der Waals surface area contributed by atoms with Crippen molar-refractivity contribution in [3.05, 3.63) is 11.3 Å². The molecule has 0 unspecified atom stereocenters. The van der Waals surface area contributed by atoms with E-state index in [9.17, 15) is 24.3 Å². The molecule has 0 saturated carbocycles. The SMILES string of the molecule is CO/N=C(/C(=O)CCl)C(=O)N[C@@H]1C(=O)N2C(C(=O)O)=C(C[N+]3(C)CCCC3)CS[C@H]12. The number of amides is 2. The van der Waals surface area contributed by atoms with Crippen molar-refractivity contribution < 1.29 is 33.6 Å².